The number of benzene rings is 9. The Kier molecular flexibility index (Phi) is 9.90. The van der Waals surface area contributed by atoms with E-state index >= 15 is 0 Å². The number of aromatic nitrogens is 1. The standard InChI is InChI=1S/C71H67N3/c1-44-32-45(2)35-52(34-44)73-64-25-23-49(39-62(64)68(5)27-13-15-29-70(68,73)7)66-55-21-11-12-22-56(55)67(61-42-59-57(51-19-17-31-72-43-51)38-48-18-9-10-20-54(48)58(59)41-60(61)66)50-24-26-65-63(40-50)69(6)28-14-16-30-71(69,8)74(65)53-36-46(3)33-47(4)37-53/h9-12,17-26,31-43H,13-16,27-30H2,1-8H3. The number of fused-ring (bicyclic) bond motifs is 11. The molecule has 0 spiro atoms. The second-order valence-corrected chi connectivity index (χ2v) is 24.1. The van der Waals surface area contributed by atoms with Crippen LogP contribution in [0.5, 0.6) is 0 Å². The van der Waals surface area contributed by atoms with E-state index in [0.717, 1.165) is 5.56 Å². The number of aryl methyl sites for hydroxylation is 4. The van der Waals surface area contributed by atoms with Gasteiger partial charge in [0.1, 0.15) is 0 Å². The first kappa shape index (κ1) is 45.4. The summed E-state index contributed by atoms with van der Waals surface area (Å²) < 4.78 is 0. The zero-order valence-electron chi connectivity index (χ0n) is 44.6. The molecule has 2 aliphatic heterocycles. The quantitative estimate of drug-likeness (QED) is 0.127. The Morgan fingerprint density at radius 1 is 0.392 bits per heavy atom. The van der Waals surface area contributed by atoms with Gasteiger partial charge in [-0.2, -0.15) is 0 Å². The monoisotopic (exact) mass is 962 g/mol. The van der Waals surface area contributed by atoms with Crippen LogP contribution in [0.1, 0.15) is 112 Å². The molecule has 2 fully saturated rings. The molecule has 0 N–H and O–H groups in total. The van der Waals surface area contributed by atoms with Crippen LogP contribution in [0, 0.1) is 27.7 Å². The van der Waals surface area contributed by atoms with Crippen molar-refractivity contribution in [3.05, 3.63) is 197 Å². The van der Waals surface area contributed by atoms with Gasteiger partial charge in [-0.1, -0.05) is 118 Å². The minimum Gasteiger partial charge on any atom is -0.334 e. The second-order valence-electron chi connectivity index (χ2n) is 24.1. The van der Waals surface area contributed by atoms with Gasteiger partial charge < -0.3 is 9.80 Å². The Morgan fingerprint density at radius 3 is 1.36 bits per heavy atom. The van der Waals surface area contributed by atoms with E-state index in [4.69, 9.17) is 0 Å². The highest BCUT2D eigenvalue weighted by atomic mass is 15.3. The fourth-order valence-electron chi connectivity index (χ4n) is 15.9. The molecule has 3 heterocycles. The van der Waals surface area contributed by atoms with Crippen LogP contribution in [0.4, 0.5) is 22.7 Å². The Hall–Kier alpha value is -7.23. The van der Waals surface area contributed by atoms with Crippen molar-refractivity contribution in [3.63, 3.8) is 0 Å². The summed E-state index contributed by atoms with van der Waals surface area (Å²) in [4.78, 5) is 10.2. The molecule has 366 valence electrons. The van der Waals surface area contributed by atoms with Gasteiger partial charge in [-0.3, -0.25) is 4.98 Å². The van der Waals surface area contributed by atoms with Crippen molar-refractivity contribution in [2.24, 2.45) is 0 Å². The van der Waals surface area contributed by atoms with Crippen LogP contribution in [0.3, 0.4) is 0 Å². The molecule has 0 bridgehead atoms. The van der Waals surface area contributed by atoms with Gasteiger partial charge in [0.2, 0.25) is 0 Å². The molecule has 4 atom stereocenters. The average Bonchev–Trinajstić information content (AvgIpc) is 3.77. The van der Waals surface area contributed by atoms with Crippen molar-refractivity contribution < 1.29 is 0 Å². The van der Waals surface area contributed by atoms with Gasteiger partial charge in [-0.25, -0.2) is 0 Å². The number of nitrogens with zero attached hydrogens (tertiary/aromatic N) is 3. The number of pyridine rings is 1. The SMILES string of the molecule is Cc1cc(C)cc(N2c3ccc(-c4c5ccccc5c(-c5ccc6c(c5)C5(C)CCCCC5(C)N6c5cc(C)cc(C)c5)c5cc6c(cc45)c(-c4cccnc4)cc4ccccc46)cc3C3(C)CCCCC23C)c1. The maximum absolute atomic E-state index is 4.68. The molecule has 9 aromatic carbocycles. The van der Waals surface area contributed by atoms with Crippen LogP contribution in [0.25, 0.3) is 76.5 Å². The third-order valence-corrected chi connectivity index (χ3v) is 19.7. The lowest BCUT2D eigenvalue weighted by Crippen LogP contribution is -2.54. The van der Waals surface area contributed by atoms with E-state index in [1.807, 2.05) is 12.4 Å². The van der Waals surface area contributed by atoms with E-state index in [1.165, 1.54) is 178 Å². The summed E-state index contributed by atoms with van der Waals surface area (Å²) in [7, 11) is 0. The summed E-state index contributed by atoms with van der Waals surface area (Å²) in [5.74, 6) is 0. The zero-order valence-corrected chi connectivity index (χ0v) is 44.6. The van der Waals surface area contributed by atoms with Crippen LogP contribution >= 0.6 is 0 Å². The topological polar surface area (TPSA) is 19.4 Å². The first-order valence-electron chi connectivity index (χ1n) is 27.6. The van der Waals surface area contributed by atoms with Crippen molar-refractivity contribution in [2.75, 3.05) is 9.80 Å². The Labute approximate surface area is 437 Å². The van der Waals surface area contributed by atoms with Gasteiger partial charge in [0.05, 0.1) is 11.1 Å². The highest BCUT2D eigenvalue weighted by Crippen LogP contribution is 2.64. The van der Waals surface area contributed by atoms with E-state index in [9.17, 15) is 0 Å². The van der Waals surface area contributed by atoms with Crippen LogP contribution in [0.2, 0.25) is 0 Å². The molecule has 2 aliphatic carbocycles. The highest BCUT2D eigenvalue weighted by molar-refractivity contribution is 6.27. The molecule has 0 radical (unpaired) electrons. The van der Waals surface area contributed by atoms with Crippen LogP contribution in [0.15, 0.2) is 164 Å². The second kappa shape index (κ2) is 16.1. The minimum absolute atomic E-state index is 0.0273. The molecule has 3 nitrogen and oxygen atoms in total. The van der Waals surface area contributed by atoms with E-state index in [0.29, 0.717) is 0 Å². The van der Waals surface area contributed by atoms with Crippen LogP contribution in [-0.2, 0) is 10.8 Å². The van der Waals surface area contributed by atoms with E-state index in [-0.39, 0.29) is 21.9 Å². The third-order valence-electron chi connectivity index (χ3n) is 19.7. The Morgan fingerprint density at radius 2 is 0.865 bits per heavy atom. The molecule has 0 amide bonds. The summed E-state index contributed by atoms with van der Waals surface area (Å²) in [6.45, 7) is 19.3. The summed E-state index contributed by atoms with van der Waals surface area (Å²) >= 11 is 0. The Balaban J connectivity index is 1.08. The molecular formula is C71H67N3. The van der Waals surface area contributed by atoms with Gasteiger partial charge >= 0.3 is 0 Å². The minimum atomic E-state index is -0.0529. The van der Waals surface area contributed by atoms with Crippen molar-refractivity contribution in [1.82, 2.24) is 4.98 Å². The smallest absolute Gasteiger partial charge is 0.0517 e. The molecule has 3 heteroatoms. The largest absolute Gasteiger partial charge is 0.334 e. The first-order valence-corrected chi connectivity index (χ1v) is 27.6. The zero-order chi connectivity index (χ0) is 50.5. The van der Waals surface area contributed by atoms with Gasteiger partial charge in [0.25, 0.3) is 0 Å². The average molecular weight is 962 g/mol. The summed E-state index contributed by atoms with van der Waals surface area (Å²) in [6, 6.07) is 59.7. The molecule has 14 rings (SSSR count). The molecule has 4 unspecified atom stereocenters. The summed E-state index contributed by atoms with van der Waals surface area (Å²) in [5, 5.41) is 10.2. The number of rotatable bonds is 5. The van der Waals surface area contributed by atoms with Crippen molar-refractivity contribution >= 4 is 65.8 Å². The maximum Gasteiger partial charge on any atom is 0.0517 e. The molecule has 4 aliphatic rings. The molecule has 2 saturated carbocycles. The summed E-state index contributed by atoms with van der Waals surface area (Å²) in [6.07, 6.45) is 13.6. The normalized spacial score (nSPS) is 23.1. The first-order chi connectivity index (χ1) is 35.8. The van der Waals surface area contributed by atoms with Gasteiger partial charge in [-0.15, -0.1) is 0 Å². The van der Waals surface area contributed by atoms with Gasteiger partial charge in [-0.05, 0) is 244 Å². The molecular weight excluding hydrogens is 895 g/mol. The fraction of sp³-hybridized carbons (Fsp3) is 0.282. The highest BCUT2D eigenvalue weighted by Gasteiger charge is 2.59. The lowest BCUT2D eigenvalue weighted by atomic mass is 9.61. The van der Waals surface area contributed by atoms with Crippen LogP contribution < -0.4 is 9.80 Å². The lowest BCUT2D eigenvalue weighted by molar-refractivity contribution is 0.195. The van der Waals surface area contributed by atoms with Crippen molar-refractivity contribution in [3.8, 4) is 33.4 Å². The summed E-state index contributed by atoms with van der Waals surface area (Å²) in [5.41, 5.74) is 21.0. The van der Waals surface area contributed by atoms with Gasteiger partial charge in [0.15, 0.2) is 0 Å². The molecule has 74 heavy (non-hydrogen) atoms. The van der Waals surface area contributed by atoms with Crippen LogP contribution in [-0.4, -0.2) is 16.1 Å². The van der Waals surface area contributed by atoms with E-state index < -0.39 is 0 Å². The number of hydrogen-bond acceptors (Lipinski definition) is 3. The predicted molar refractivity (Wildman–Crippen MR) is 315 cm³/mol. The third kappa shape index (κ3) is 6.28. The molecule has 10 aromatic rings. The van der Waals surface area contributed by atoms with Gasteiger partial charge in [0, 0.05) is 51.5 Å². The molecule has 0 saturated heterocycles. The van der Waals surface area contributed by atoms with E-state index in [2.05, 4.69) is 222 Å². The fourth-order valence-corrected chi connectivity index (χ4v) is 15.9. The number of anilines is 4. The lowest BCUT2D eigenvalue weighted by Gasteiger charge is -2.50. The van der Waals surface area contributed by atoms with Crippen molar-refractivity contribution in [2.45, 2.75) is 129 Å². The number of hydrogen-bond donors (Lipinski definition) is 0. The predicted octanol–water partition coefficient (Wildman–Crippen LogP) is 19.4. The Bertz CT molecular complexity index is 3960. The van der Waals surface area contributed by atoms with Crippen molar-refractivity contribution in [1.29, 1.82) is 0 Å². The molecule has 1 aromatic heterocycles. The van der Waals surface area contributed by atoms with E-state index in [1.54, 1.807) is 0 Å². The maximum atomic E-state index is 4.68.